The second-order valence-electron chi connectivity index (χ2n) is 7.64. The van der Waals surface area contributed by atoms with Gasteiger partial charge in [-0.2, -0.15) is 0 Å². The van der Waals surface area contributed by atoms with Gasteiger partial charge in [0, 0.05) is 11.8 Å². The lowest BCUT2D eigenvalue weighted by Crippen LogP contribution is -2.38. The summed E-state index contributed by atoms with van der Waals surface area (Å²) in [4.78, 5) is 22.9. The Morgan fingerprint density at radius 2 is 1.61 bits per heavy atom. The Labute approximate surface area is 141 Å². The van der Waals surface area contributed by atoms with E-state index in [9.17, 15) is 9.59 Å². The molecule has 1 fully saturated rings. The predicted molar refractivity (Wildman–Crippen MR) is 94.6 cm³/mol. The van der Waals surface area contributed by atoms with Crippen molar-refractivity contribution in [3.8, 4) is 0 Å². The molecule has 0 aromatic carbocycles. The molecule has 4 N–H and O–H groups in total. The number of amides is 2. The van der Waals surface area contributed by atoms with Crippen molar-refractivity contribution >= 4 is 11.8 Å². The first-order chi connectivity index (χ1) is 11.0. The molecule has 0 aromatic heterocycles. The van der Waals surface area contributed by atoms with Crippen molar-refractivity contribution in [1.82, 2.24) is 0 Å². The van der Waals surface area contributed by atoms with E-state index in [1.165, 1.54) is 25.7 Å². The lowest BCUT2D eigenvalue weighted by Gasteiger charge is -2.33. The molecular weight excluding hydrogens is 288 g/mol. The predicted octanol–water partition coefficient (Wildman–Crippen LogP) is 4.05. The monoisotopic (exact) mass is 324 g/mol. The van der Waals surface area contributed by atoms with Crippen LogP contribution in [0.3, 0.4) is 0 Å². The van der Waals surface area contributed by atoms with Crippen LogP contribution in [0.1, 0.15) is 96.8 Å². The van der Waals surface area contributed by atoms with Gasteiger partial charge in [0.2, 0.25) is 11.8 Å². The van der Waals surface area contributed by atoms with Crippen molar-refractivity contribution in [2.24, 2.45) is 22.8 Å². The molecule has 2 unspecified atom stereocenters. The molecule has 1 rings (SSSR count). The Morgan fingerprint density at radius 3 is 2.30 bits per heavy atom. The fraction of sp³-hybridized carbons (Fsp3) is 0.895. The first kappa shape index (κ1) is 20.0. The van der Waals surface area contributed by atoms with E-state index in [1.807, 2.05) is 0 Å². The highest BCUT2D eigenvalue weighted by Gasteiger charge is 2.37. The van der Waals surface area contributed by atoms with E-state index in [0.717, 1.165) is 57.8 Å². The summed E-state index contributed by atoms with van der Waals surface area (Å²) in [7, 11) is 0. The molecule has 0 saturated heterocycles. The van der Waals surface area contributed by atoms with Crippen molar-refractivity contribution in [3.63, 3.8) is 0 Å². The van der Waals surface area contributed by atoms with Crippen LogP contribution in [-0.2, 0) is 9.59 Å². The zero-order chi connectivity index (χ0) is 17.1. The van der Waals surface area contributed by atoms with Gasteiger partial charge < -0.3 is 11.5 Å². The molecule has 1 aliphatic rings. The van der Waals surface area contributed by atoms with Crippen LogP contribution in [0, 0.1) is 11.3 Å². The van der Waals surface area contributed by atoms with Crippen LogP contribution in [-0.4, -0.2) is 11.8 Å². The van der Waals surface area contributed by atoms with Crippen molar-refractivity contribution in [2.75, 3.05) is 0 Å². The average Bonchev–Trinajstić information content (AvgIpc) is 2.57. The number of rotatable bonds is 9. The Hall–Kier alpha value is -1.06. The van der Waals surface area contributed by atoms with Crippen LogP contribution < -0.4 is 11.5 Å². The number of primary amides is 2. The largest absolute Gasteiger partial charge is 0.370 e. The van der Waals surface area contributed by atoms with Crippen molar-refractivity contribution in [2.45, 2.75) is 96.8 Å². The number of hydrogen-bond acceptors (Lipinski definition) is 2. The summed E-state index contributed by atoms with van der Waals surface area (Å²) in [6.07, 6.45) is 14.7. The lowest BCUT2D eigenvalue weighted by molar-refractivity contribution is -0.130. The Bertz CT molecular complexity index is 370. The van der Waals surface area contributed by atoms with Gasteiger partial charge in [-0.25, -0.2) is 0 Å². The highest BCUT2D eigenvalue weighted by atomic mass is 16.1. The van der Waals surface area contributed by atoms with E-state index in [1.54, 1.807) is 0 Å². The third-order valence-corrected chi connectivity index (χ3v) is 5.44. The maximum Gasteiger partial charge on any atom is 0.223 e. The average molecular weight is 325 g/mol. The maximum absolute atomic E-state index is 12.2. The first-order valence-electron chi connectivity index (χ1n) is 9.54. The van der Waals surface area contributed by atoms with E-state index in [-0.39, 0.29) is 17.2 Å². The van der Waals surface area contributed by atoms with Crippen molar-refractivity contribution < 1.29 is 9.59 Å². The molecule has 0 heterocycles. The summed E-state index contributed by atoms with van der Waals surface area (Å²) < 4.78 is 0. The zero-order valence-corrected chi connectivity index (χ0v) is 14.9. The van der Waals surface area contributed by atoms with Gasteiger partial charge in [-0.3, -0.25) is 9.59 Å². The molecule has 0 spiro atoms. The highest BCUT2D eigenvalue weighted by Crippen LogP contribution is 2.40. The second kappa shape index (κ2) is 10.7. The van der Waals surface area contributed by atoms with E-state index in [2.05, 4.69) is 6.92 Å². The van der Waals surface area contributed by atoms with Crippen LogP contribution in [0.25, 0.3) is 0 Å². The van der Waals surface area contributed by atoms with Gasteiger partial charge in [0.05, 0.1) is 0 Å². The van der Waals surface area contributed by atoms with E-state index < -0.39 is 0 Å². The molecule has 0 bridgehead atoms. The minimum absolute atomic E-state index is 0.0834. The summed E-state index contributed by atoms with van der Waals surface area (Å²) in [5.41, 5.74) is 10.7. The molecule has 23 heavy (non-hydrogen) atoms. The molecule has 0 aromatic rings. The van der Waals surface area contributed by atoms with Gasteiger partial charge in [0.15, 0.2) is 0 Å². The number of carbonyl (C=O) groups is 2. The summed E-state index contributed by atoms with van der Waals surface area (Å²) >= 11 is 0. The van der Waals surface area contributed by atoms with Crippen LogP contribution in [0.4, 0.5) is 0 Å². The maximum atomic E-state index is 12.2. The summed E-state index contributed by atoms with van der Waals surface area (Å²) in [6, 6.07) is 0. The molecule has 4 heteroatoms. The van der Waals surface area contributed by atoms with E-state index >= 15 is 0 Å². The van der Waals surface area contributed by atoms with E-state index in [4.69, 9.17) is 11.5 Å². The van der Waals surface area contributed by atoms with Gasteiger partial charge in [-0.1, -0.05) is 64.7 Å². The molecule has 0 radical (unpaired) electrons. The molecule has 1 saturated carbocycles. The first-order valence-corrected chi connectivity index (χ1v) is 9.54. The fourth-order valence-corrected chi connectivity index (χ4v) is 4.05. The standard InChI is InChI=1S/C19H36N2O2/c1-16-11-7-4-6-10-14-19(15-16,18(21)23)13-9-5-2-3-8-12-17(20)22/h16H,2-15H2,1H3,(H2,20,22)(H2,21,23). The van der Waals surface area contributed by atoms with Gasteiger partial charge >= 0.3 is 0 Å². The molecule has 2 atom stereocenters. The fourth-order valence-electron chi connectivity index (χ4n) is 4.05. The van der Waals surface area contributed by atoms with Gasteiger partial charge in [-0.05, 0) is 31.6 Å². The second-order valence-corrected chi connectivity index (χ2v) is 7.64. The molecule has 4 nitrogen and oxygen atoms in total. The minimum atomic E-state index is -0.281. The smallest absolute Gasteiger partial charge is 0.223 e. The van der Waals surface area contributed by atoms with Crippen LogP contribution in [0.5, 0.6) is 0 Å². The third kappa shape index (κ3) is 7.85. The van der Waals surface area contributed by atoms with Crippen LogP contribution in [0.15, 0.2) is 0 Å². The van der Waals surface area contributed by atoms with Crippen LogP contribution >= 0.6 is 0 Å². The SMILES string of the molecule is CC1CCCCCCC(CCCCCCCC(N)=O)(C(N)=O)C1. The summed E-state index contributed by atoms with van der Waals surface area (Å²) in [6.45, 7) is 2.27. The van der Waals surface area contributed by atoms with Gasteiger partial charge in [0.1, 0.15) is 0 Å². The number of hydrogen-bond donors (Lipinski definition) is 2. The minimum Gasteiger partial charge on any atom is -0.370 e. The summed E-state index contributed by atoms with van der Waals surface area (Å²) in [5.74, 6) is 0.299. The number of unbranched alkanes of at least 4 members (excludes halogenated alkanes) is 4. The topological polar surface area (TPSA) is 86.2 Å². The molecule has 0 aliphatic heterocycles. The normalized spacial score (nSPS) is 26.0. The summed E-state index contributed by atoms with van der Waals surface area (Å²) in [5, 5.41) is 0. The highest BCUT2D eigenvalue weighted by molar-refractivity contribution is 5.80. The molecule has 134 valence electrons. The Balaban J connectivity index is 2.42. The molecular formula is C19H36N2O2. The van der Waals surface area contributed by atoms with Gasteiger partial charge in [0.25, 0.3) is 0 Å². The van der Waals surface area contributed by atoms with Gasteiger partial charge in [-0.15, -0.1) is 0 Å². The zero-order valence-electron chi connectivity index (χ0n) is 14.9. The third-order valence-electron chi connectivity index (χ3n) is 5.44. The Morgan fingerprint density at radius 1 is 0.957 bits per heavy atom. The number of nitrogens with two attached hydrogens (primary N) is 2. The quantitative estimate of drug-likeness (QED) is 0.627. The van der Waals surface area contributed by atoms with E-state index in [0.29, 0.717) is 12.3 Å². The molecule has 2 amide bonds. The Kier molecular flexibility index (Phi) is 9.27. The number of carbonyl (C=O) groups excluding carboxylic acids is 2. The van der Waals surface area contributed by atoms with Crippen molar-refractivity contribution in [3.05, 3.63) is 0 Å². The van der Waals surface area contributed by atoms with Crippen LogP contribution in [0.2, 0.25) is 0 Å². The lowest BCUT2D eigenvalue weighted by atomic mass is 9.71. The molecule has 1 aliphatic carbocycles. The van der Waals surface area contributed by atoms with Crippen molar-refractivity contribution in [1.29, 1.82) is 0 Å².